The van der Waals surface area contributed by atoms with Crippen molar-refractivity contribution in [3.63, 3.8) is 0 Å². The lowest BCUT2D eigenvalue weighted by Gasteiger charge is -2.21. The minimum atomic E-state index is -0.477. The standard InChI is InChI=1S/C19H32N2O2/c1-6-7-8-11-15(2)21-17-13-10-9-12-16(17)14-20-18(22)23-19(3,4)5/h9-10,12-13,15,21H,6-8,11,14H2,1-5H3,(H,20,22). The van der Waals surface area contributed by atoms with E-state index in [1.54, 1.807) is 0 Å². The Morgan fingerprint density at radius 1 is 1.22 bits per heavy atom. The number of hydrogen-bond acceptors (Lipinski definition) is 3. The zero-order chi connectivity index (χ0) is 17.3. The van der Waals surface area contributed by atoms with E-state index >= 15 is 0 Å². The molecule has 0 spiro atoms. The van der Waals surface area contributed by atoms with Gasteiger partial charge in [0, 0.05) is 18.3 Å². The van der Waals surface area contributed by atoms with Crippen molar-refractivity contribution in [2.75, 3.05) is 5.32 Å². The monoisotopic (exact) mass is 320 g/mol. The summed E-state index contributed by atoms with van der Waals surface area (Å²) in [5.41, 5.74) is 1.67. The van der Waals surface area contributed by atoms with E-state index in [1.165, 1.54) is 19.3 Å². The van der Waals surface area contributed by atoms with E-state index in [1.807, 2.05) is 39.0 Å². The van der Waals surface area contributed by atoms with Crippen LogP contribution in [0.5, 0.6) is 0 Å². The van der Waals surface area contributed by atoms with Crippen molar-refractivity contribution in [3.8, 4) is 0 Å². The van der Waals surface area contributed by atoms with Crippen molar-refractivity contribution >= 4 is 11.8 Å². The molecule has 130 valence electrons. The van der Waals surface area contributed by atoms with E-state index < -0.39 is 5.60 Å². The second kappa shape index (κ2) is 9.43. The van der Waals surface area contributed by atoms with Crippen LogP contribution in [0.25, 0.3) is 0 Å². The summed E-state index contributed by atoms with van der Waals surface area (Å²) in [4.78, 5) is 11.8. The molecule has 0 saturated carbocycles. The second-order valence-corrected chi connectivity index (χ2v) is 7.05. The molecule has 0 fully saturated rings. The van der Waals surface area contributed by atoms with E-state index in [9.17, 15) is 4.79 Å². The number of unbranched alkanes of at least 4 members (excludes halogenated alkanes) is 2. The lowest BCUT2D eigenvalue weighted by Crippen LogP contribution is -2.32. The number of carbonyl (C=O) groups excluding carboxylic acids is 1. The Balaban J connectivity index is 2.55. The van der Waals surface area contributed by atoms with Crippen molar-refractivity contribution in [1.29, 1.82) is 0 Å². The summed E-state index contributed by atoms with van der Waals surface area (Å²) in [6.45, 7) is 10.5. The van der Waals surface area contributed by atoms with Crippen molar-refractivity contribution < 1.29 is 9.53 Å². The first-order valence-electron chi connectivity index (χ1n) is 8.63. The summed E-state index contributed by atoms with van der Waals surface area (Å²) in [5, 5.41) is 6.37. The van der Waals surface area contributed by atoms with Crippen molar-refractivity contribution in [3.05, 3.63) is 29.8 Å². The van der Waals surface area contributed by atoms with Crippen LogP contribution in [0.1, 0.15) is 65.9 Å². The Hall–Kier alpha value is -1.71. The fourth-order valence-corrected chi connectivity index (χ4v) is 2.33. The molecule has 2 N–H and O–H groups in total. The highest BCUT2D eigenvalue weighted by atomic mass is 16.6. The summed E-state index contributed by atoms with van der Waals surface area (Å²) in [6, 6.07) is 8.50. The topological polar surface area (TPSA) is 50.4 Å². The molecule has 0 heterocycles. The maximum Gasteiger partial charge on any atom is 0.407 e. The number of rotatable bonds is 8. The maximum absolute atomic E-state index is 11.8. The third-order valence-electron chi connectivity index (χ3n) is 3.48. The molecule has 4 nitrogen and oxygen atoms in total. The first kappa shape index (κ1) is 19.3. The lowest BCUT2D eigenvalue weighted by atomic mass is 10.1. The van der Waals surface area contributed by atoms with Crippen LogP contribution >= 0.6 is 0 Å². The van der Waals surface area contributed by atoms with E-state index in [0.717, 1.165) is 17.7 Å². The average Bonchev–Trinajstić information content (AvgIpc) is 2.45. The molecular weight excluding hydrogens is 288 g/mol. The van der Waals surface area contributed by atoms with Gasteiger partial charge in [-0.1, -0.05) is 44.4 Å². The predicted octanol–water partition coefficient (Wildman–Crippen LogP) is 5.09. The van der Waals surface area contributed by atoms with Gasteiger partial charge in [0.25, 0.3) is 0 Å². The Morgan fingerprint density at radius 2 is 1.91 bits per heavy atom. The van der Waals surface area contributed by atoms with Gasteiger partial charge in [0.05, 0.1) is 0 Å². The smallest absolute Gasteiger partial charge is 0.407 e. The third kappa shape index (κ3) is 8.48. The molecule has 23 heavy (non-hydrogen) atoms. The molecule has 1 unspecified atom stereocenters. The number of hydrogen-bond donors (Lipinski definition) is 2. The highest BCUT2D eigenvalue weighted by molar-refractivity contribution is 5.68. The van der Waals surface area contributed by atoms with Gasteiger partial charge in [0.1, 0.15) is 5.60 Å². The zero-order valence-corrected chi connectivity index (χ0v) is 15.2. The summed E-state index contributed by atoms with van der Waals surface area (Å²) < 4.78 is 5.28. The molecule has 4 heteroatoms. The fourth-order valence-electron chi connectivity index (χ4n) is 2.33. The molecule has 0 aliphatic carbocycles. The van der Waals surface area contributed by atoms with Gasteiger partial charge in [-0.05, 0) is 45.7 Å². The highest BCUT2D eigenvalue weighted by Crippen LogP contribution is 2.18. The fraction of sp³-hybridized carbons (Fsp3) is 0.632. The van der Waals surface area contributed by atoms with Crippen LogP contribution in [0, 0.1) is 0 Å². The number of amides is 1. The molecule has 0 saturated heterocycles. The number of alkyl carbamates (subject to hydrolysis) is 1. The highest BCUT2D eigenvalue weighted by Gasteiger charge is 2.16. The first-order chi connectivity index (χ1) is 10.8. The molecule has 1 aromatic carbocycles. The van der Waals surface area contributed by atoms with Gasteiger partial charge < -0.3 is 15.4 Å². The summed E-state index contributed by atoms with van der Waals surface area (Å²) in [7, 11) is 0. The summed E-state index contributed by atoms with van der Waals surface area (Å²) in [6.07, 6.45) is 4.52. The van der Waals surface area contributed by atoms with Gasteiger partial charge in [-0.3, -0.25) is 0 Å². The number of anilines is 1. The summed E-state index contributed by atoms with van der Waals surface area (Å²) in [5.74, 6) is 0. The molecule has 0 aliphatic rings. The van der Waals surface area contributed by atoms with Gasteiger partial charge in [0.2, 0.25) is 0 Å². The number of para-hydroxylation sites is 1. The Bertz CT molecular complexity index is 481. The minimum Gasteiger partial charge on any atom is -0.444 e. The van der Waals surface area contributed by atoms with Crippen LogP contribution in [-0.2, 0) is 11.3 Å². The van der Waals surface area contributed by atoms with E-state index in [2.05, 4.69) is 30.5 Å². The minimum absolute atomic E-state index is 0.386. The van der Waals surface area contributed by atoms with Crippen molar-refractivity contribution in [2.45, 2.75) is 78.5 Å². The van der Waals surface area contributed by atoms with Crippen LogP contribution in [-0.4, -0.2) is 17.7 Å². The lowest BCUT2D eigenvalue weighted by molar-refractivity contribution is 0.0523. The SMILES string of the molecule is CCCCCC(C)Nc1ccccc1CNC(=O)OC(C)(C)C. The second-order valence-electron chi connectivity index (χ2n) is 7.05. The van der Waals surface area contributed by atoms with Crippen LogP contribution in [0.4, 0.5) is 10.5 Å². The van der Waals surface area contributed by atoms with E-state index in [0.29, 0.717) is 12.6 Å². The summed E-state index contributed by atoms with van der Waals surface area (Å²) >= 11 is 0. The maximum atomic E-state index is 11.8. The third-order valence-corrected chi connectivity index (χ3v) is 3.48. The number of ether oxygens (including phenoxy) is 1. The molecule has 1 aromatic rings. The van der Waals surface area contributed by atoms with Crippen LogP contribution in [0.3, 0.4) is 0 Å². The van der Waals surface area contributed by atoms with Gasteiger partial charge in [-0.2, -0.15) is 0 Å². The van der Waals surface area contributed by atoms with Gasteiger partial charge in [-0.15, -0.1) is 0 Å². The Morgan fingerprint density at radius 3 is 2.57 bits per heavy atom. The van der Waals surface area contributed by atoms with Gasteiger partial charge >= 0.3 is 6.09 Å². The van der Waals surface area contributed by atoms with Crippen molar-refractivity contribution in [1.82, 2.24) is 5.32 Å². The molecule has 0 radical (unpaired) electrons. The number of nitrogens with one attached hydrogen (secondary N) is 2. The quantitative estimate of drug-likeness (QED) is 0.656. The molecule has 1 rings (SSSR count). The molecule has 0 aromatic heterocycles. The molecule has 1 amide bonds. The molecule has 0 bridgehead atoms. The number of carbonyl (C=O) groups is 1. The molecular formula is C19H32N2O2. The molecule has 0 aliphatic heterocycles. The van der Waals surface area contributed by atoms with Crippen LogP contribution in [0.15, 0.2) is 24.3 Å². The van der Waals surface area contributed by atoms with Crippen LogP contribution in [0.2, 0.25) is 0 Å². The first-order valence-corrected chi connectivity index (χ1v) is 8.63. The largest absolute Gasteiger partial charge is 0.444 e. The van der Waals surface area contributed by atoms with Gasteiger partial charge in [0.15, 0.2) is 0 Å². The van der Waals surface area contributed by atoms with Crippen LogP contribution < -0.4 is 10.6 Å². The van der Waals surface area contributed by atoms with E-state index in [-0.39, 0.29) is 6.09 Å². The zero-order valence-electron chi connectivity index (χ0n) is 15.2. The predicted molar refractivity (Wildman–Crippen MR) is 96.7 cm³/mol. The Kier molecular flexibility index (Phi) is 7.93. The van der Waals surface area contributed by atoms with E-state index in [4.69, 9.17) is 4.74 Å². The van der Waals surface area contributed by atoms with Crippen molar-refractivity contribution in [2.24, 2.45) is 0 Å². The average molecular weight is 320 g/mol. The normalized spacial score (nSPS) is 12.6. The molecule has 1 atom stereocenters. The number of benzene rings is 1. The Labute approximate surface area is 141 Å². The van der Waals surface area contributed by atoms with Gasteiger partial charge in [-0.25, -0.2) is 4.79 Å².